The lowest BCUT2D eigenvalue weighted by atomic mass is 9.76. The fourth-order valence-electron chi connectivity index (χ4n) is 4.68. The second-order valence-electron chi connectivity index (χ2n) is 9.75. The molecule has 0 bridgehead atoms. The van der Waals surface area contributed by atoms with Gasteiger partial charge in [-0.2, -0.15) is 10.0 Å². The molecule has 0 atom stereocenters. The SMILES string of the molecule is CN(C)c1ccc2c(c1)S(C)(C)c1cc(N(C)C)ccc1C21CC(C)(C)C(=O)O1. The Morgan fingerprint density at radius 1 is 0.862 bits per heavy atom. The smallest absolute Gasteiger partial charge is 0.312 e. The van der Waals surface area contributed by atoms with E-state index in [-0.39, 0.29) is 5.97 Å². The summed E-state index contributed by atoms with van der Waals surface area (Å²) in [5.41, 5.74) is 3.46. The number of carbonyl (C=O) groups excluding carboxylic acids is 1. The third-order valence-corrected chi connectivity index (χ3v) is 9.32. The molecular weight excluding hydrogens is 380 g/mol. The van der Waals surface area contributed by atoms with Crippen molar-refractivity contribution >= 4 is 27.4 Å². The van der Waals surface area contributed by atoms with Gasteiger partial charge in [0.05, 0.1) is 5.41 Å². The minimum absolute atomic E-state index is 0.113. The van der Waals surface area contributed by atoms with Crippen molar-refractivity contribution in [3.8, 4) is 0 Å². The highest BCUT2D eigenvalue weighted by Crippen LogP contribution is 2.69. The highest BCUT2D eigenvalue weighted by molar-refractivity contribution is 8.32. The van der Waals surface area contributed by atoms with Crippen molar-refractivity contribution in [2.45, 2.75) is 35.7 Å². The Labute approximate surface area is 176 Å². The van der Waals surface area contributed by atoms with Gasteiger partial charge in [-0.3, -0.25) is 4.79 Å². The van der Waals surface area contributed by atoms with Crippen LogP contribution in [0.4, 0.5) is 11.4 Å². The molecule has 156 valence electrons. The number of hydrogen-bond acceptors (Lipinski definition) is 4. The number of anilines is 2. The van der Waals surface area contributed by atoms with Crippen molar-refractivity contribution < 1.29 is 9.53 Å². The van der Waals surface area contributed by atoms with Gasteiger partial charge < -0.3 is 14.5 Å². The van der Waals surface area contributed by atoms with Gasteiger partial charge in [0.25, 0.3) is 0 Å². The highest BCUT2D eigenvalue weighted by atomic mass is 32.3. The van der Waals surface area contributed by atoms with E-state index in [1.54, 1.807) is 0 Å². The highest BCUT2D eigenvalue weighted by Gasteiger charge is 2.58. The summed E-state index contributed by atoms with van der Waals surface area (Å²) in [4.78, 5) is 19.8. The molecule has 2 heterocycles. The van der Waals surface area contributed by atoms with E-state index in [4.69, 9.17) is 4.74 Å². The summed E-state index contributed by atoms with van der Waals surface area (Å²) < 4.78 is 6.30. The van der Waals surface area contributed by atoms with E-state index < -0.39 is 21.0 Å². The zero-order valence-corrected chi connectivity index (χ0v) is 19.6. The number of nitrogens with zero attached hydrogens (tertiary/aromatic N) is 2. The zero-order valence-electron chi connectivity index (χ0n) is 18.8. The average molecular weight is 413 g/mol. The Kier molecular flexibility index (Phi) is 4.29. The second-order valence-corrected chi connectivity index (χ2v) is 13.3. The van der Waals surface area contributed by atoms with Crippen LogP contribution in [0.3, 0.4) is 0 Å². The summed E-state index contributed by atoms with van der Waals surface area (Å²) in [5, 5.41) is 0. The molecule has 2 aromatic carbocycles. The van der Waals surface area contributed by atoms with Gasteiger partial charge in [0.1, 0.15) is 0 Å². The van der Waals surface area contributed by atoms with Gasteiger partial charge in [-0.15, -0.1) is 0 Å². The maximum absolute atomic E-state index is 12.9. The molecular formula is C24H32N2O2S. The molecule has 0 aliphatic carbocycles. The number of carbonyl (C=O) groups is 1. The first-order chi connectivity index (χ1) is 13.4. The van der Waals surface area contributed by atoms with E-state index in [0.29, 0.717) is 6.42 Å². The first-order valence-corrected chi connectivity index (χ1v) is 12.5. The number of ether oxygens (including phenoxy) is 1. The van der Waals surface area contributed by atoms with E-state index in [1.165, 1.54) is 21.2 Å². The van der Waals surface area contributed by atoms with Crippen molar-refractivity contribution in [1.82, 2.24) is 0 Å². The number of benzene rings is 2. The first kappa shape index (κ1) is 20.1. The van der Waals surface area contributed by atoms with E-state index in [9.17, 15) is 4.79 Å². The lowest BCUT2D eigenvalue weighted by molar-refractivity contribution is -0.151. The van der Waals surface area contributed by atoms with Crippen LogP contribution in [-0.2, 0) is 15.1 Å². The van der Waals surface area contributed by atoms with E-state index in [1.807, 2.05) is 13.8 Å². The van der Waals surface area contributed by atoms with Crippen LogP contribution in [0, 0.1) is 5.41 Å². The Balaban J connectivity index is 2.06. The molecule has 5 heteroatoms. The van der Waals surface area contributed by atoms with Crippen LogP contribution in [0.5, 0.6) is 0 Å². The Hall–Kier alpha value is -2.14. The van der Waals surface area contributed by atoms with Gasteiger partial charge >= 0.3 is 5.97 Å². The molecule has 2 aliphatic rings. The van der Waals surface area contributed by atoms with Crippen LogP contribution in [0.1, 0.15) is 31.4 Å². The van der Waals surface area contributed by atoms with Crippen LogP contribution in [0.25, 0.3) is 0 Å². The molecule has 1 saturated heterocycles. The molecule has 4 rings (SSSR count). The molecule has 0 aromatic heterocycles. The molecule has 2 aliphatic heterocycles. The maximum atomic E-state index is 12.9. The van der Waals surface area contributed by atoms with Crippen LogP contribution in [0.2, 0.25) is 0 Å². The van der Waals surface area contributed by atoms with Crippen LogP contribution < -0.4 is 9.80 Å². The van der Waals surface area contributed by atoms with Gasteiger partial charge in [-0.05, 0) is 50.6 Å². The normalized spacial score (nSPS) is 21.2. The summed E-state index contributed by atoms with van der Waals surface area (Å²) >= 11 is 0. The predicted molar refractivity (Wildman–Crippen MR) is 123 cm³/mol. The molecule has 0 amide bonds. The lowest BCUT2D eigenvalue weighted by Crippen LogP contribution is -2.34. The van der Waals surface area contributed by atoms with Crippen molar-refractivity contribution in [2.75, 3.05) is 50.5 Å². The monoisotopic (exact) mass is 412 g/mol. The molecule has 0 N–H and O–H groups in total. The van der Waals surface area contributed by atoms with E-state index in [0.717, 1.165) is 11.1 Å². The Morgan fingerprint density at radius 3 is 1.66 bits per heavy atom. The summed E-state index contributed by atoms with van der Waals surface area (Å²) in [7, 11) is 7.00. The van der Waals surface area contributed by atoms with Crippen molar-refractivity contribution in [1.29, 1.82) is 0 Å². The molecule has 29 heavy (non-hydrogen) atoms. The Morgan fingerprint density at radius 2 is 1.31 bits per heavy atom. The van der Waals surface area contributed by atoms with Crippen LogP contribution in [0.15, 0.2) is 46.2 Å². The van der Waals surface area contributed by atoms with Gasteiger partial charge in [0.2, 0.25) is 0 Å². The fourth-order valence-corrected chi connectivity index (χ4v) is 7.31. The van der Waals surface area contributed by atoms with Crippen molar-refractivity contribution in [3.63, 3.8) is 0 Å². The topological polar surface area (TPSA) is 32.8 Å². The molecule has 1 spiro atoms. The molecule has 0 saturated carbocycles. The minimum atomic E-state index is -1.28. The van der Waals surface area contributed by atoms with Gasteiger partial charge in [0.15, 0.2) is 5.60 Å². The van der Waals surface area contributed by atoms with Crippen molar-refractivity contribution in [3.05, 3.63) is 47.5 Å². The average Bonchev–Trinajstić information content (AvgIpc) is 2.89. The van der Waals surface area contributed by atoms with Gasteiger partial charge in [-0.25, -0.2) is 0 Å². The summed E-state index contributed by atoms with van der Waals surface area (Å²) in [6.07, 6.45) is 5.38. The standard InChI is InChI=1S/C24H32N2O2S/c1-23(2)15-24(28-22(23)27)18-11-9-16(25(3)4)13-20(18)29(7,8)21-14-17(26(5)6)10-12-19(21)24/h9-14H,15H2,1-8H3. The van der Waals surface area contributed by atoms with Crippen LogP contribution in [-0.4, -0.2) is 46.7 Å². The fraction of sp³-hybridized carbons (Fsp3) is 0.458. The van der Waals surface area contributed by atoms with E-state index in [2.05, 4.69) is 86.9 Å². The van der Waals surface area contributed by atoms with Crippen LogP contribution >= 0.6 is 10.0 Å². The molecule has 2 aromatic rings. The summed E-state index contributed by atoms with van der Waals surface area (Å²) in [6, 6.07) is 13.3. The maximum Gasteiger partial charge on any atom is 0.312 e. The number of fused-ring (bicyclic) bond motifs is 4. The first-order valence-electron chi connectivity index (χ1n) is 10.0. The minimum Gasteiger partial charge on any atom is -0.449 e. The third-order valence-electron chi connectivity index (χ3n) is 6.44. The summed E-state index contributed by atoms with van der Waals surface area (Å²) in [5.74, 6) is -0.113. The number of rotatable bonds is 2. The Bertz CT molecular complexity index is 946. The third kappa shape index (κ3) is 2.77. The second kappa shape index (κ2) is 6.18. The molecule has 0 unspecified atom stereocenters. The van der Waals surface area contributed by atoms with Crippen molar-refractivity contribution in [2.24, 2.45) is 5.41 Å². The summed E-state index contributed by atoms with van der Waals surface area (Å²) in [6.45, 7) is 4.00. The quantitative estimate of drug-likeness (QED) is 0.662. The lowest BCUT2D eigenvalue weighted by Gasteiger charge is -2.47. The van der Waals surface area contributed by atoms with Gasteiger partial charge in [-0.1, -0.05) is 12.1 Å². The molecule has 0 radical (unpaired) electrons. The largest absolute Gasteiger partial charge is 0.449 e. The number of esters is 1. The van der Waals surface area contributed by atoms with Gasteiger partial charge in [0, 0.05) is 66.9 Å². The van der Waals surface area contributed by atoms with E-state index >= 15 is 0 Å². The number of hydrogen-bond donors (Lipinski definition) is 0. The zero-order chi connectivity index (χ0) is 21.4. The molecule has 1 fully saturated rings. The predicted octanol–water partition coefficient (Wildman–Crippen LogP) is 4.83. The molecule has 4 nitrogen and oxygen atoms in total.